The number of hydrogen-bond acceptors (Lipinski definition) is 3. The van der Waals surface area contributed by atoms with Gasteiger partial charge in [0.15, 0.2) is 0 Å². The highest BCUT2D eigenvalue weighted by Gasteiger charge is 2.44. The van der Waals surface area contributed by atoms with Gasteiger partial charge in [0.05, 0.1) is 0 Å². The zero-order valence-electron chi connectivity index (χ0n) is 9.87. The summed E-state index contributed by atoms with van der Waals surface area (Å²) in [6.45, 7) is 10.5. The minimum absolute atomic E-state index is 0.00458. The molecule has 0 N–H and O–H groups in total. The third-order valence-electron chi connectivity index (χ3n) is 2.23. The van der Waals surface area contributed by atoms with Gasteiger partial charge in [-0.2, -0.15) is 0 Å². The predicted octanol–water partition coefficient (Wildman–Crippen LogP) is 2.35. The van der Waals surface area contributed by atoms with E-state index in [4.69, 9.17) is 13.7 Å². The normalized spacial score (nSPS) is 19.1. The fraction of sp³-hybridized carbons (Fsp3) is 1.00. The fourth-order valence-electron chi connectivity index (χ4n) is 1.33. The summed E-state index contributed by atoms with van der Waals surface area (Å²) in [4.78, 5) is 0. The Labute approximate surface area is 88.3 Å². The maximum absolute atomic E-state index is 5.69. The van der Waals surface area contributed by atoms with E-state index in [1.165, 1.54) is 0 Å². The standard InChI is InChI=1S/C8H19B3O3/c1-6-9-12-10(7-2)14-11(13-9)8(3,4)5/h6-7H2,1-5H3. The van der Waals surface area contributed by atoms with Gasteiger partial charge in [-0.05, 0) is 18.0 Å². The smallest absolute Gasteiger partial charge is 0.435 e. The summed E-state index contributed by atoms with van der Waals surface area (Å²) in [5.74, 6) is 0. The Bertz CT molecular complexity index is 171. The molecule has 0 atom stereocenters. The van der Waals surface area contributed by atoms with Crippen LogP contribution >= 0.6 is 0 Å². The van der Waals surface area contributed by atoms with Crippen LogP contribution in [0.5, 0.6) is 0 Å². The van der Waals surface area contributed by atoms with E-state index in [0.717, 1.165) is 12.6 Å². The third-order valence-corrected chi connectivity index (χ3v) is 2.23. The van der Waals surface area contributed by atoms with Crippen LogP contribution in [-0.2, 0) is 13.7 Å². The van der Waals surface area contributed by atoms with E-state index in [1.54, 1.807) is 0 Å². The van der Waals surface area contributed by atoms with Crippen molar-refractivity contribution in [3.05, 3.63) is 0 Å². The SMILES string of the molecule is CCB1OB(CC)OB(C(C)(C)C)O1. The van der Waals surface area contributed by atoms with Crippen LogP contribution in [0.15, 0.2) is 0 Å². The monoisotopic (exact) mass is 196 g/mol. The molecule has 14 heavy (non-hydrogen) atoms. The van der Waals surface area contributed by atoms with Gasteiger partial charge in [-0.1, -0.05) is 34.6 Å². The quantitative estimate of drug-likeness (QED) is 0.634. The molecule has 0 aromatic heterocycles. The first-order valence-electron chi connectivity index (χ1n) is 5.43. The Hall–Kier alpha value is 0.0748. The first-order chi connectivity index (χ1) is 6.47. The molecule has 3 nitrogen and oxygen atoms in total. The van der Waals surface area contributed by atoms with Crippen molar-refractivity contribution in [3.63, 3.8) is 0 Å². The molecule has 1 fully saturated rings. The van der Waals surface area contributed by atoms with Gasteiger partial charge in [-0.3, -0.25) is 0 Å². The Morgan fingerprint density at radius 3 is 1.57 bits per heavy atom. The Morgan fingerprint density at radius 1 is 0.857 bits per heavy atom. The van der Waals surface area contributed by atoms with Crippen molar-refractivity contribution < 1.29 is 13.7 Å². The Morgan fingerprint density at radius 2 is 1.29 bits per heavy atom. The highest BCUT2D eigenvalue weighted by molar-refractivity contribution is 6.74. The molecule has 0 spiro atoms. The van der Waals surface area contributed by atoms with Gasteiger partial charge in [0, 0.05) is 0 Å². The predicted molar refractivity (Wildman–Crippen MR) is 61.2 cm³/mol. The highest BCUT2D eigenvalue weighted by atomic mass is 16.7. The summed E-state index contributed by atoms with van der Waals surface area (Å²) < 4.78 is 16.9. The number of rotatable bonds is 2. The van der Waals surface area contributed by atoms with E-state index in [-0.39, 0.29) is 26.7 Å². The molecule has 1 heterocycles. The number of hydrogen-bond donors (Lipinski definition) is 0. The third kappa shape index (κ3) is 3.04. The van der Waals surface area contributed by atoms with Gasteiger partial charge in [0.1, 0.15) is 0 Å². The molecule has 0 aromatic carbocycles. The molecule has 78 valence electrons. The van der Waals surface area contributed by atoms with E-state index in [9.17, 15) is 0 Å². The molecule has 6 heteroatoms. The van der Waals surface area contributed by atoms with Crippen molar-refractivity contribution >= 4 is 21.4 Å². The van der Waals surface area contributed by atoms with Gasteiger partial charge < -0.3 is 13.7 Å². The minimum Gasteiger partial charge on any atom is -0.453 e. The minimum atomic E-state index is -0.161. The maximum Gasteiger partial charge on any atom is 0.435 e. The highest BCUT2D eigenvalue weighted by Crippen LogP contribution is 2.32. The Balaban J connectivity index is 2.60. The average Bonchev–Trinajstić information content (AvgIpc) is 2.15. The van der Waals surface area contributed by atoms with Crippen LogP contribution in [-0.4, -0.2) is 21.4 Å². The molecule has 0 saturated carbocycles. The van der Waals surface area contributed by atoms with Crippen molar-refractivity contribution in [2.24, 2.45) is 0 Å². The molecule has 0 aliphatic carbocycles. The topological polar surface area (TPSA) is 27.7 Å². The van der Waals surface area contributed by atoms with Crippen molar-refractivity contribution in [2.45, 2.75) is 52.6 Å². The first-order valence-corrected chi connectivity index (χ1v) is 5.43. The lowest BCUT2D eigenvalue weighted by Gasteiger charge is -2.36. The molecular weight excluding hydrogens is 177 g/mol. The van der Waals surface area contributed by atoms with Crippen molar-refractivity contribution in [3.8, 4) is 0 Å². The summed E-state index contributed by atoms with van der Waals surface area (Å²) in [6.07, 6.45) is 1.74. The van der Waals surface area contributed by atoms with E-state index in [1.807, 2.05) is 0 Å². The van der Waals surface area contributed by atoms with Gasteiger partial charge in [0.2, 0.25) is 0 Å². The van der Waals surface area contributed by atoms with Crippen LogP contribution in [0.3, 0.4) is 0 Å². The fourth-order valence-corrected chi connectivity index (χ4v) is 1.33. The molecule has 0 unspecified atom stereocenters. The molecule has 0 amide bonds. The summed E-state index contributed by atoms with van der Waals surface area (Å²) in [5.41, 5.74) is 0. The summed E-state index contributed by atoms with van der Waals surface area (Å²) >= 11 is 0. The van der Waals surface area contributed by atoms with Crippen molar-refractivity contribution in [1.29, 1.82) is 0 Å². The lowest BCUT2D eigenvalue weighted by molar-refractivity contribution is 0.261. The molecule has 1 saturated heterocycles. The molecular formula is C8H19B3O3. The van der Waals surface area contributed by atoms with Crippen LogP contribution in [0.25, 0.3) is 0 Å². The van der Waals surface area contributed by atoms with Crippen LogP contribution in [0.4, 0.5) is 0 Å². The molecule has 1 rings (SSSR count). The van der Waals surface area contributed by atoms with Crippen molar-refractivity contribution in [2.75, 3.05) is 0 Å². The van der Waals surface area contributed by atoms with E-state index >= 15 is 0 Å². The lowest BCUT2D eigenvalue weighted by Crippen LogP contribution is -2.51. The van der Waals surface area contributed by atoms with Crippen molar-refractivity contribution in [1.82, 2.24) is 0 Å². The second kappa shape index (κ2) is 4.73. The van der Waals surface area contributed by atoms with E-state index in [0.29, 0.717) is 0 Å². The van der Waals surface area contributed by atoms with Crippen LogP contribution in [0.2, 0.25) is 18.0 Å². The molecule has 1 aliphatic heterocycles. The summed E-state index contributed by atoms with van der Waals surface area (Å²) in [7, 11) is -0.387. The second-order valence-electron chi connectivity index (χ2n) is 4.78. The lowest BCUT2D eigenvalue weighted by atomic mass is 9.55. The van der Waals surface area contributed by atoms with E-state index < -0.39 is 0 Å². The Kier molecular flexibility index (Phi) is 4.10. The van der Waals surface area contributed by atoms with Gasteiger partial charge in [-0.25, -0.2) is 0 Å². The maximum atomic E-state index is 5.69. The molecule has 0 aromatic rings. The largest absolute Gasteiger partial charge is 0.453 e. The first kappa shape index (κ1) is 12.1. The average molecular weight is 196 g/mol. The molecule has 0 bridgehead atoms. The summed E-state index contributed by atoms with van der Waals surface area (Å²) in [5, 5.41) is 0.00458. The van der Waals surface area contributed by atoms with Gasteiger partial charge in [0.25, 0.3) is 0 Å². The van der Waals surface area contributed by atoms with Gasteiger partial charge >= 0.3 is 21.4 Å². The van der Waals surface area contributed by atoms with Crippen LogP contribution in [0, 0.1) is 0 Å². The molecule has 0 radical (unpaired) electrons. The second-order valence-corrected chi connectivity index (χ2v) is 4.78. The molecule has 1 aliphatic rings. The van der Waals surface area contributed by atoms with Crippen LogP contribution in [0.1, 0.15) is 34.6 Å². The zero-order chi connectivity index (χ0) is 10.8. The van der Waals surface area contributed by atoms with E-state index in [2.05, 4.69) is 34.6 Å². The zero-order valence-corrected chi connectivity index (χ0v) is 9.87. The van der Waals surface area contributed by atoms with Gasteiger partial charge in [-0.15, -0.1) is 0 Å². The summed E-state index contributed by atoms with van der Waals surface area (Å²) in [6, 6.07) is 0. The van der Waals surface area contributed by atoms with Crippen LogP contribution < -0.4 is 0 Å².